The molecule has 0 saturated heterocycles. The number of aromatic amines is 1. The number of nitrogens with zero attached hydrogens (tertiary/aromatic N) is 1. The molecule has 104 valence electrons. The molecule has 1 aliphatic carbocycles. The van der Waals surface area contributed by atoms with E-state index in [1.54, 1.807) is 19.3 Å². The van der Waals surface area contributed by atoms with Gasteiger partial charge in [0.2, 0.25) is 0 Å². The van der Waals surface area contributed by atoms with Crippen molar-refractivity contribution in [2.75, 3.05) is 0 Å². The predicted molar refractivity (Wildman–Crippen MR) is 65.8 cm³/mol. The second-order valence-electron chi connectivity index (χ2n) is 5.25. The van der Waals surface area contributed by atoms with Crippen molar-refractivity contribution in [2.45, 2.75) is 38.7 Å². The van der Waals surface area contributed by atoms with Gasteiger partial charge in [-0.05, 0) is 32.1 Å². The number of aliphatic hydroxyl groups is 1. The first kappa shape index (κ1) is 13.7. The fourth-order valence-corrected chi connectivity index (χ4v) is 2.69. The minimum absolute atomic E-state index is 0.0467. The number of carbonyl (C=O) groups excluding carboxylic acids is 2. The molecule has 6 nitrogen and oxygen atoms in total. The van der Waals surface area contributed by atoms with Gasteiger partial charge in [0.15, 0.2) is 0 Å². The van der Waals surface area contributed by atoms with Crippen molar-refractivity contribution in [3.05, 3.63) is 18.0 Å². The lowest BCUT2D eigenvalue weighted by Crippen LogP contribution is -2.30. The predicted octanol–water partition coefficient (Wildman–Crippen LogP) is 1.12. The number of hydrogen-bond donors (Lipinski definition) is 2. The summed E-state index contributed by atoms with van der Waals surface area (Å²) in [5.74, 6) is -1.44. The van der Waals surface area contributed by atoms with Gasteiger partial charge in [0.25, 0.3) is 0 Å². The van der Waals surface area contributed by atoms with Gasteiger partial charge < -0.3 is 9.84 Å². The molecule has 3 atom stereocenters. The van der Waals surface area contributed by atoms with Crippen LogP contribution in [0.15, 0.2) is 12.4 Å². The van der Waals surface area contributed by atoms with Crippen molar-refractivity contribution in [2.24, 2.45) is 11.8 Å². The third kappa shape index (κ3) is 2.84. The van der Waals surface area contributed by atoms with E-state index in [0.717, 1.165) is 6.42 Å². The van der Waals surface area contributed by atoms with Crippen LogP contribution in [0.3, 0.4) is 0 Å². The van der Waals surface area contributed by atoms with E-state index in [4.69, 9.17) is 0 Å². The van der Waals surface area contributed by atoms with E-state index in [1.807, 2.05) is 0 Å². The second-order valence-corrected chi connectivity index (χ2v) is 5.25. The molecule has 19 heavy (non-hydrogen) atoms. The Kier molecular flexibility index (Phi) is 3.71. The van der Waals surface area contributed by atoms with Crippen LogP contribution in [0.4, 0.5) is 0 Å². The summed E-state index contributed by atoms with van der Waals surface area (Å²) < 4.78 is 4.61. The Labute approximate surface area is 111 Å². The minimum Gasteiger partial charge on any atom is -0.393 e. The molecule has 0 radical (unpaired) electrons. The molecule has 1 aromatic rings. The van der Waals surface area contributed by atoms with Gasteiger partial charge >= 0.3 is 11.9 Å². The number of carbonyl (C=O) groups is 2. The molecule has 2 rings (SSSR count). The third-order valence-corrected chi connectivity index (χ3v) is 3.89. The van der Waals surface area contributed by atoms with Crippen LogP contribution in [-0.4, -0.2) is 27.2 Å². The molecule has 0 spiro atoms. The smallest absolute Gasteiger partial charge is 0.316 e. The summed E-state index contributed by atoms with van der Waals surface area (Å²) in [6, 6.07) is 0. The molecule has 2 N–H and O–H groups in total. The highest BCUT2D eigenvalue weighted by molar-refractivity contribution is 5.85. The molecule has 3 unspecified atom stereocenters. The summed E-state index contributed by atoms with van der Waals surface area (Å²) >= 11 is 0. The van der Waals surface area contributed by atoms with E-state index in [-0.39, 0.29) is 11.8 Å². The van der Waals surface area contributed by atoms with Gasteiger partial charge in [-0.15, -0.1) is 0 Å². The first-order valence-corrected chi connectivity index (χ1v) is 6.35. The van der Waals surface area contributed by atoms with Crippen molar-refractivity contribution in [1.82, 2.24) is 10.2 Å². The van der Waals surface area contributed by atoms with Crippen LogP contribution in [0, 0.1) is 11.8 Å². The Hall–Kier alpha value is -1.69. The highest BCUT2D eigenvalue weighted by Gasteiger charge is 2.42. The van der Waals surface area contributed by atoms with E-state index >= 15 is 0 Å². The SMILES string of the molecule is CC(=O)OC(=O)C1CCC(C(C)(O)c2cn[nH]c2)C1. The van der Waals surface area contributed by atoms with Crippen LogP contribution >= 0.6 is 0 Å². The molecule has 1 aliphatic rings. The van der Waals surface area contributed by atoms with Crippen LogP contribution in [0.1, 0.15) is 38.7 Å². The first-order chi connectivity index (χ1) is 8.91. The lowest BCUT2D eigenvalue weighted by molar-refractivity contribution is -0.161. The minimum atomic E-state index is -1.03. The number of ether oxygens (including phenoxy) is 1. The van der Waals surface area contributed by atoms with E-state index in [2.05, 4.69) is 14.9 Å². The van der Waals surface area contributed by atoms with Gasteiger partial charge in [-0.3, -0.25) is 14.7 Å². The lowest BCUT2D eigenvalue weighted by Gasteiger charge is -2.29. The van der Waals surface area contributed by atoms with Gasteiger partial charge in [0.1, 0.15) is 0 Å². The number of nitrogens with one attached hydrogen (secondary N) is 1. The van der Waals surface area contributed by atoms with Crippen LogP contribution in [0.25, 0.3) is 0 Å². The molecule has 0 aromatic carbocycles. The monoisotopic (exact) mass is 266 g/mol. The van der Waals surface area contributed by atoms with Crippen molar-refractivity contribution in [3.8, 4) is 0 Å². The molecule has 0 aliphatic heterocycles. The fraction of sp³-hybridized carbons (Fsp3) is 0.615. The average molecular weight is 266 g/mol. The van der Waals surface area contributed by atoms with Gasteiger partial charge in [-0.25, -0.2) is 0 Å². The number of hydrogen-bond acceptors (Lipinski definition) is 5. The Morgan fingerprint density at radius 1 is 1.53 bits per heavy atom. The van der Waals surface area contributed by atoms with Crippen molar-refractivity contribution < 1.29 is 19.4 Å². The first-order valence-electron chi connectivity index (χ1n) is 6.35. The van der Waals surface area contributed by atoms with E-state index < -0.39 is 17.5 Å². The van der Waals surface area contributed by atoms with E-state index in [9.17, 15) is 14.7 Å². The summed E-state index contributed by atoms with van der Waals surface area (Å²) in [4.78, 5) is 22.4. The molecule has 0 bridgehead atoms. The number of esters is 2. The molecule has 6 heteroatoms. The second kappa shape index (κ2) is 5.13. The molecule has 1 aromatic heterocycles. The Morgan fingerprint density at radius 2 is 2.26 bits per heavy atom. The van der Waals surface area contributed by atoms with Gasteiger partial charge in [0.05, 0.1) is 17.7 Å². The standard InChI is InChI=1S/C13H18N2O4/c1-8(16)19-12(17)9-3-4-10(5-9)13(2,18)11-6-14-15-7-11/h6-7,9-10,18H,3-5H2,1-2H3,(H,14,15). The van der Waals surface area contributed by atoms with Gasteiger partial charge in [-0.2, -0.15) is 5.10 Å². The molecule has 1 saturated carbocycles. The van der Waals surface area contributed by atoms with Crippen molar-refractivity contribution >= 4 is 11.9 Å². The maximum atomic E-state index is 11.7. The van der Waals surface area contributed by atoms with Crippen LogP contribution in [0.2, 0.25) is 0 Å². The van der Waals surface area contributed by atoms with Crippen LogP contribution < -0.4 is 0 Å². The van der Waals surface area contributed by atoms with Crippen molar-refractivity contribution in [1.29, 1.82) is 0 Å². The molecule has 1 heterocycles. The number of H-pyrrole nitrogens is 1. The average Bonchev–Trinajstić information content (AvgIpc) is 3.00. The highest BCUT2D eigenvalue weighted by atomic mass is 16.6. The Balaban J connectivity index is 2.02. The summed E-state index contributed by atoms with van der Waals surface area (Å²) in [7, 11) is 0. The van der Waals surface area contributed by atoms with Crippen molar-refractivity contribution in [3.63, 3.8) is 0 Å². The summed E-state index contributed by atoms with van der Waals surface area (Å²) in [5.41, 5.74) is -0.323. The van der Waals surface area contributed by atoms with Crippen LogP contribution in [0.5, 0.6) is 0 Å². The number of rotatable bonds is 3. The zero-order valence-corrected chi connectivity index (χ0v) is 11.0. The molecule has 1 fully saturated rings. The topological polar surface area (TPSA) is 92.3 Å². The largest absolute Gasteiger partial charge is 0.393 e. The van der Waals surface area contributed by atoms with Crippen LogP contribution in [-0.2, 0) is 19.9 Å². The van der Waals surface area contributed by atoms with E-state index in [0.29, 0.717) is 18.4 Å². The zero-order chi connectivity index (χ0) is 14.0. The third-order valence-electron chi connectivity index (χ3n) is 3.89. The van der Waals surface area contributed by atoms with E-state index in [1.165, 1.54) is 6.92 Å². The normalized spacial score (nSPS) is 25.8. The summed E-state index contributed by atoms with van der Waals surface area (Å²) in [6.45, 7) is 2.94. The zero-order valence-electron chi connectivity index (χ0n) is 11.0. The van der Waals surface area contributed by atoms with Gasteiger partial charge in [-0.1, -0.05) is 0 Å². The Bertz CT molecular complexity index is 467. The summed E-state index contributed by atoms with van der Waals surface area (Å²) in [5, 5.41) is 17.1. The van der Waals surface area contributed by atoms with Gasteiger partial charge in [0, 0.05) is 18.7 Å². The maximum Gasteiger partial charge on any atom is 0.316 e. The number of aromatic nitrogens is 2. The molecule has 0 amide bonds. The molecular weight excluding hydrogens is 248 g/mol. The summed E-state index contributed by atoms with van der Waals surface area (Å²) in [6.07, 6.45) is 5.10. The fourth-order valence-electron chi connectivity index (χ4n) is 2.69. The maximum absolute atomic E-state index is 11.7. The highest BCUT2D eigenvalue weighted by Crippen LogP contribution is 2.43. The molecular formula is C13H18N2O4. The Morgan fingerprint density at radius 3 is 2.84 bits per heavy atom. The quantitative estimate of drug-likeness (QED) is 0.632. The lowest BCUT2D eigenvalue weighted by atomic mass is 9.83.